The molecule has 4 nitrogen and oxygen atoms in total. The maximum absolute atomic E-state index is 3.52. The van der Waals surface area contributed by atoms with Gasteiger partial charge >= 0.3 is 0 Å². The summed E-state index contributed by atoms with van der Waals surface area (Å²) in [5.74, 6) is 0. The van der Waals surface area contributed by atoms with E-state index in [1.807, 2.05) is 0 Å². The second kappa shape index (κ2) is 5.96. The van der Waals surface area contributed by atoms with Crippen LogP contribution in [-0.4, -0.2) is 61.4 Å². The number of nitrogens with one attached hydrogen (secondary N) is 2. The second-order valence-corrected chi connectivity index (χ2v) is 5.04. The van der Waals surface area contributed by atoms with E-state index in [2.05, 4.69) is 34.3 Å². The van der Waals surface area contributed by atoms with Crippen molar-refractivity contribution in [1.29, 1.82) is 0 Å². The SMILES string of the molecule is CC1NCCCN1CCN1CCCNC1C. The molecule has 2 fully saturated rings. The third-order valence-corrected chi connectivity index (χ3v) is 3.89. The van der Waals surface area contributed by atoms with Crippen molar-refractivity contribution in [1.82, 2.24) is 20.4 Å². The highest BCUT2D eigenvalue weighted by atomic mass is 15.3. The Morgan fingerprint density at radius 1 is 0.875 bits per heavy atom. The molecule has 2 aliphatic rings. The summed E-state index contributed by atoms with van der Waals surface area (Å²) in [5.41, 5.74) is 0. The van der Waals surface area contributed by atoms with Crippen LogP contribution < -0.4 is 10.6 Å². The maximum atomic E-state index is 3.52. The van der Waals surface area contributed by atoms with E-state index in [9.17, 15) is 0 Å². The van der Waals surface area contributed by atoms with Crippen molar-refractivity contribution < 1.29 is 0 Å². The van der Waals surface area contributed by atoms with Gasteiger partial charge in [-0.05, 0) is 39.8 Å². The van der Waals surface area contributed by atoms with Gasteiger partial charge < -0.3 is 10.6 Å². The Hall–Kier alpha value is -0.160. The first-order chi connectivity index (χ1) is 7.77. The van der Waals surface area contributed by atoms with E-state index < -0.39 is 0 Å². The van der Waals surface area contributed by atoms with Crippen molar-refractivity contribution in [2.24, 2.45) is 0 Å². The molecule has 0 amide bonds. The smallest absolute Gasteiger partial charge is 0.0568 e. The molecule has 0 aliphatic carbocycles. The quantitative estimate of drug-likeness (QED) is 0.723. The molecule has 2 saturated heterocycles. The Bertz CT molecular complexity index is 187. The molecule has 0 radical (unpaired) electrons. The lowest BCUT2D eigenvalue weighted by Gasteiger charge is -2.39. The van der Waals surface area contributed by atoms with E-state index in [1.54, 1.807) is 0 Å². The molecule has 0 aromatic carbocycles. The largest absolute Gasteiger partial charge is 0.302 e. The molecule has 2 aliphatic heterocycles. The van der Waals surface area contributed by atoms with Gasteiger partial charge in [-0.25, -0.2) is 0 Å². The first kappa shape index (κ1) is 12.3. The Balaban J connectivity index is 1.72. The molecular formula is C12H26N4. The van der Waals surface area contributed by atoms with E-state index in [4.69, 9.17) is 0 Å². The lowest BCUT2D eigenvalue weighted by atomic mass is 10.2. The van der Waals surface area contributed by atoms with Crippen molar-refractivity contribution in [3.05, 3.63) is 0 Å². The highest BCUT2D eigenvalue weighted by Crippen LogP contribution is 2.07. The maximum Gasteiger partial charge on any atom is 0.0568 e. The van der Waals surface area contributed by atoms with Gasteiger partial charge in [-0.3, -0.25) is 9.80 Å². The molecule has 2 atom stereocenters. The van der Waals surface area contributed by atoms with E-state index in [1.165, 1.54) is 52.1 Å². The van der Waals surface area contributed by atoms with Crippen LogP contribution in [0, 0.1) is 0 Å². The van der Waals surface area contributed by atoms with Gasteiger partial charge in [-0.15, -0.1) is 0 Å². The average Bonchev–Trinajstić information content (AvgIpc) is 2.30. The standard InChI is InChI=1S/C12H26N4/c1-11-13-5-3-7-15(11)9-10-16-8-4-6-14-12(16)2/h11-14H,3-10H2,1-2H3. The average molecular weight is 226 g/mol. The zero-order chi connectivity index (χ0) is 11.4. The molecule has 16 heavy (non-hydrogen) atoms. The molecule has 2 heterocycles. The fraction of sp³-hybridized carbons (Fsp3) is 1.00. The molecule has 94 valence electrons. The predicted molar refractivity (Wildman–Crippen MR) is 67.3 cm³/mol. The van der Waals surface area contributed by atoms with Crippen LogP contribution in [0.3, 0.4) is 0 Å². The Kier molecular flexibility index (Phi) is 4.58. The summed E-state index contributed by atoms with van der Waals surface area (Å²) in [5, 5.41) is 7.05. The normalized spacial score (nSPS) is 34.1. The fourth-order valence-corrected chi connectivity index (χ4v) is 2.70. The highest BCUT2D eigenvalue weighted by Gasteiger charge is 2.21. The fourth-order valence-electron chi connectivity index (χ4n) is 2.70. The van der Waals surface area contributed by atoms with E-state index >= 15 is 0 Å². The molecule has 0 saturated carbocycles. The van der Waals surface area contributed by atoms with Crippen LogP contribution in [0.1, 0.15) is 26.7 Å². The third-order valence-electron chi connectivity index (χ3n) is 3.89. The lowest BCUT2D eigenvalue weighted by Crippen LogP contribution is -2.55. The zero-order valence-corrected chi connectivity index (χ0v) is 10.7. The van der Waals surface area contributed by atoms with Crippen LogP contribution in [0.15, 0.2) is 0 Å². The van der Waals surface area contributed by atoms with Crippen molar-refractivity contribution in [2.75, 3.05) is 39.3 Å². The Morgan fingerprint density at radius 3 is 1.69 bits per heavy atom. The van der Waals surface area contributed by atoms with Gasteiger partial charge in [-0.2, -0.15) is 0 Å². The molecule has 2 rings (SSSR count). The number of hydrogen-bond donors (Lipinski definition) is 2. The minimum Gasteiger partial charge on any atom is -0.302 e. The third kappa shape index (κ3) is 3.17. The van der Waals surface area contributed by atoms with Crippen LogP contribution >= 0.6 is 0 Å². The molecule has 0 aromatic rings. The zero-order valence-electron chi connectivity index (χ0n) is 10.7. The summed E-state index contributed by atoms with van der Waals surface area (Å²) < 4.78 is 0. The highest BCUT2D eigenvalue weighted by molar-refractivity contribution is 4.76. The molecule has 0 aromatic heterocycles. The van der Waals surface area contributed by atoms with Crippen LogP contribution in [0.25, 0.3) is 0 Å². The van der Waals surface area contributed by atoms with Crippen molar-refractivity contribution in [2.45, 2.75) is 39.0 Å². The summed E-state index contributed by atoms with van der Waals surface area (Å²) in [6.45, 7) is 11.8. The lowest BCUT2D eigenvalue weighted by molar-refractivity contribution is 0.0893. The van der Waals surface area contributed by atoms with Crippen molar-refractivity contribution in [3.8, 4) is 0 Å². The van der Waals surface area contributed by atoms with Gasteiger partial charge in [0.15, 0.2) is 0 Å². The van der Waals surface area contributed by atoms with Crippen molar-refractivity contribution >= 4 is 0 Å². The van der Waals surface area contributed by atoms with Crippen LogP contribution in [0.5, 0.6) is 0 Å². The molecule has 0 bridgehead atoms. The molecule has 2 N–H and O–H groups in total. The van der Waals surface area contributed by atoms with Crippen LogP contribution in [-0.2, 0) is 0 Å². The summed E-state index contributed by atoms with van der Waals surface area (Å²) in [6, 6.07) is 0. The van der Waals surface area contributed by atoms with Crippen LogP contribution in [0.2, 0.25) is 0 Å². The minimum absolute atomic E-state index is 0.557. The molecule has 0 spiro atoms. The van der Waals surface area contributed by atoms with Gasteiger partial charge in [0, 0.05) is 26.2 Å². The summed E-state index contributed by atoms with van der Waals surface area (Å²) in [4.78, 5) is 5.12. The monoisotopic (exact) mass is 226 g/mol. The summed E-state index contributed by atoms with van der Waals surface area (Å²) >= 11 is 0. The number of rotatable bonds is 3. The summed E-state index contributed by atoms with van der Waals surface area (Å²) in [7, 11) is 0. The minimum atomic E-state index is 0.557. The number of nitrogens with zero attached hydrogens (tertiary/aromatic N) is 2. The molecule has 4 heteroatoms. The van der Waals surface area contributed by atoms with Gasteiger partial charge in [0.2, 0.25) is 0 Å². The van der Waals surface area contributed by atoms with Crippen molar-refractivity contribution in [3.63, 3.8) is 0 Å². The van der Waals surface area contributed by atoms with Gasteiger partial charge in [-0.1, -0.05) is 0 Å². The van der Waals surface area contributed by atoms with E-state index in [0.29, 0.717) is 12.3 Å². The number of hydrogen-bond acceptors (Lipinski definition) is 4. The first-order valence-electron chi connectivity index (χ1n) is 6.72. The topological polar surface area (TPSA) is 30.5 Å². The van der Waals surface area contributed by atoms with Gasteiger partial charge in [0.05, 0.1) is 12.3 Å². The van der Waals surface area contributed by atoms with Gasteiger partial charge in [0.1, 0.15) is 0 Å². The Labute approximate surface area is 99.4 Å². The Morgan fingerprint density at radius 2 is 1.31 bits per heavy atom. The second-order valence-electron chi connectivity index (χ2n) is 5.04. The van der Waals surface area contributed by atoms with Gasteiger partial charge in [0.25, 0.3) is 0 Å². The van der Waals surface area contributed by atoms with E-state index in [-0.39, 0.29) is 0 Å². The molecule has 2 unspecified atom stereocenters. The molecular weight excluding hydrogens is 200 g/mol. The summed E-state index contributed by atoms with van der Waals surface area (Å²) in [6.07, 6.45) is 3.69. The van der Waals surface area contributed by atoms with Crippen LogP contribution in [0.4, 0.5) is 0 Å². The van der Waals surface area contributed by atoms with E-state index in [0.717, 1.165) is 0 Å². The predicted octanol–water partition coefficient (Wildman–Crippen LogP) is 0.269. The first-order valence-corrected chi connectivity index (χ1v) is 6.72.